The molecule has 22 heavy (non-hydrogen) atoms. The van der Waals surface area contributed by atoms with E-state index in [1.165, 1.54) is 0 Å². The van der Waals surface area contributed by atoms with Crippen molar-refractivity contribution in [2.75, 3.05) is 6.61 Å². The zero-order valence-corrected chi connectivity index (χ0v) is 14.2. The molecule has 2 heterocycles. The standard InChI is InChI=1S/C16H21BrO5/c1-16(2)21-13-11(20-15(18)12(17)14(13)22-16)9-19-8-10-6-4-3-5-7-10/h3-7,11-15,18H,8-9H2,1-2H3/t11-,12?,13+,14-,15?/m1/s1. The molecule has 0 amide bonds. The Morgan fingerprint density at radius 3 is 2.59 bits per heavy atom. The van der Waals surface area contributed by atoms with Crippen molar-refractivity contribution in [1.82, 2.24) is 0 Å². The van der Waals surface area contributed by atoms with E-state index in [1.54, 1.807) is 0 Å². The average Bonchev–Trinajstić information content (AvgIpc) is 2.81. The minimum atomic E-state index is -0.941. The number of hydrogen-bond acceptors (Lipinski definition) is 5. The molecule has 2 unspecified atom stereocenters. The predicted molar refractivity (Wildman–Crippen MR) is 83.5 cm³/mol. The summed E-state index contributed by atoms with van der Waals surface area (Å²) >= 11 is 3.42. The first-order valence-electron chi connectivity index (χ1n) is 7.41. The highest BCUT2D eigenvalue weighted by Crippen LogP contribution is 2.39. The Morgan fingerprint density at radius 1 is 1.18 bits per heavy atom. The van der Waals surface area contributed by atoms with Crippen LogP contribution in [0.25, 0.3) is 0 Å². The first kappa shape index (κ1) is 16.4. The van der Waals surface area contributed by atoms with Gasteiger partial charge in [0.1, 0.15) is 18.3 Å². The Hall–Kier alpha value is -0.500. The maximum absolute atomic E-state index is 10.0. The number of hydrogen-bond donors (Lipinski definition) is 1. The van der Waals surface area contributed by atoms with Crippen LogP contribution >= 0.6 is 15.9 Å². The molecule has 2 saturated heterocycles. The number of halogens is 1. The van der Waals surface area contributed by atoms with Crippen LogP contribution in [0, 0.1) is 0 Å². The topological polar surface area (TPSA) is 57.2 Å². The fraction of sp³-hybridized carbons (Fsp3) is 0.625. The Bertz CT molecular complexity index is 495. The lowest BCUT2D eigenvalue weighted by Gasteiger charge is -2.37. The van der Waals surface area contributed by atoms with Gasteiger partial charge in [-0.2, -0.15) is 0 Å². The minimum Gasteiger partial charge on any atom is -0.374 e. The van der Waals surface area contributed by atoms with Crippen LogP contribution in [0.1, 0.15) is 19.4 Å². The lowest BCUT2D eigenvalue weighted by Crippen LogP contribution is -2.55. The number of benzene rings is 1. The molecule has 2 aliphatic rings. The molecule has 6 heteroatoms. The van der Waals surface area contributed by atoms with Crippen molar-refractivity contribution < 1.29 is 24.1 Å². The van der Waals surface area contributed by atoms with Gasteiger partial charge in [-0.25, -0.2) is 0 Å². The fourth-order valence-electron chi connectivity index (χ4n) is 2.85. The summed E-state index contributed by atoms with van der Waals surface area (Å²) in [6.07, 6.45) is -1.83. The second-order valence-electron chi connectivity index (χ2n) is 6.08. The van der Waals surface area contributed by atoms with Gasteiger partial charge in [-0.1, -0.05) is 46.3 Å². The van der Waals surface area contributed by atoms with Crippen LogP contribution in [0.3, 0.4) is 0 Å². The molecule has 1 aromatic carbocycles. The summed E-state index contributed by atoms with van der Waals surface area (Å²) < 4.78 is 23.1. The molecular weight excluding hydrogens is 352 g/mol. The van der Waals surface area contributed by atoms with Gasteiger partial charge >= 0.3 is 0 Å². The summed E-state index contributed by atoms with van der Waals surface area (Å²) in [7, 11) is 0. The van der Waals surface area contributed by atoms with Gasteiger partial charge in [0, 0.05) is 0 Å². The van der Waals surface area contributed by atoms with Gasteiger partial charge in [0.15, 0.2) is 12.1 Å². The Morgan fingerprint density at radius 2 is 1.86 bits per heavy atom. The molecule has 3 rings (SSSR count). The molecule has 0 aliphatic carbocycles. The average molecular weight is 373 g/mol. The van der Waals surface area contributed by atoms with Crippen molar-refractivity contribution in [1.29, 1.82) is 0 Å². The minimum absolute atomic E-state index is 0.260. The molecule has 0 saturated carbocycles. The molecule has 5 nitrogen and oxygen atoms in total. The van der Waals surface area contributed by atoms with Gasteiger partial charge < -0.3 is 24.1 Å². The second kappa shape index (κ2) is 6.55. The van der Waals surface area contributed by atoms with Crippen molar-refractivity contribution in [3.8, 4) is 0 Å². The zero-order valence-electron chi connectivity index (χ0n) is 12.6. The second-order valence-corrected chi connectivity index (χ2v) is 7.13. The molecule has 1 aromatic rings. The number of alkyl halides is 1. The molecule has 0 bridgehead atoms. The summed E-state index contributed by atoms with van der Waals surface area (Å²) in [6, 6.07) is 9.93. The van der Waals surface area contributed by atoms with E-state index < -0.39 is 12.1 Å². The van der Waals surface area contributed by atoms with Crippen molar-refractivity contribution in [2.45, 2.75) is 55.7 Å². The molecule has 2 fully saturated rings. The third-order valence-electron chi connectivity index (χ3n) is 3.82. The largest absolute Gasteiger partial charge is 0.374 e. The maximum Gasteiger partial charge on any atom is 0.170 e. The summed E-state index contributed by atoms with van der Waals surface area (Å²) in [5.41, 5.74) is 1.10. The number of fused-ring (bicyclic) bond motifs is 1. The third-order valence-corrected chi connectivity index (χ3v) is 4.80. The molecular formula is C16H21BrO5. The van der Waals surface area contributed by atoms with E-state index in [-0.39, 0.29) is 23.1 Å². The molecule has 5 atom stereocenters. The summed E-state index contributed by atoms with van der Waals surface area (Å²) in [6.45, 7) is 4.56. The predicted octanol–water partition coefficient (Wildman–Crippen LogP) is 2.20. The lowest BCUT2D eigenvalue weighted by atomic mass is 10.0. The van der Waals surface area contributed by atoms with Gasteiger partial charge in [-0.3, -0.25) is 0 Å². The third kappa shape index (κ3) is 3.53. The van der Waals surface area contributed by atoms with E-state index in [1.807, 2.05) is 44.2 Å². The van der Waals surface area contributed by atoms with Gasteiger partial charge in [0.25, 0.3) is 0 Å². The first-order valence-corrected chi connectivity index (χ1v) is 8.33. The number of ether oxygens (including phenoxy) is 4. The Kier molecular flexibility index (Phi) is 4.87. The maximum atomic E-state index is 10.0. The molecule has 0 spiro atoms. The van der Waals surface area contributed by atoms with Crippen LogP contribution in [-0.4, -0.2) is 46.9 Å². The van der Waals surface area contributed by atoms with E-state index in [2.05, 4.69) is 15.9 Å². The molecule has 2 aliphatic heterocycles. The smallest absolute Gasteiger partial charge is 0.170 e. The van der Waals surface area contributed by atoms with Crippen molar-refractivity contribution in [3.05, 3.63) is 35.9 Å². The van der Waals surface area contributed by atoms with Crippen LogP contribution in [0.2, 0.25) is 0 Å². The van der Waals surface area contributed by atoms with Gasteiger partial charge in [0.2, 0.25) is 0 Å². The molecule has 0 aromatic heterocycles. The highest BCUT2D eigenvalue weighted by molar-refractivity contribution is 9.09. The normalized spacial score (nSPS) is 37.0. The van der Waals surface area contributed by atoms with E-state index in [4.69, 9.17) is 18.9 Å². The molecule has 1 N–H and O–H groups in total. The van der Waals surface area contributed by atoms with E-state index in [9.17, 15) is 5.11 Å². The van der Waals surface area contributed by atoms with Crippen molar-refractivity contribution >= 4 is 15.9 Å². The number of aliphatic hydroxyl groups is 1. The monoisotopic (exact) mass is 372 g/mol. The van der Waals surface area contributed by atoms with Gasteiger partial charge in [0.05, 0.1) is 18.0 Å². The number of rotatable bonds is 4. The van der Waals surface area contributed by atoms with E-state index in [0.29, 0.717) is 13.2 Å². The molecule has 122 valence electrons. The lowest BCUT2D eigenvalue weighted by molar-refractivity contribution is -0.218. The SMILES string of the molecule is CC1(C)O[C@@H]2[C@H](O1)C(Br)C(O)O[C@@H]2COCc1ccccc1. The zero-order chi connectivity index (χ0) is 15.7. The van der Waals surface area contributed by atoms with Crippen LogP contribution in [0.15, 0.2) is 30.3 Å². The molecule has 0 radical (unpaired) electrons. The summed E-state index contributed by atoms with van der Waals surface area (Å²) in [4.78, 5) is -0.315. The quantitative estimate of drug-likeness (QED) is 0.821. The Balaban J connectivity index is 1.60. The van der Waals surface area contributed by atoms with E-state index in [0.717, 1.165) is 5.56 Å². The van der Waals surface area contributed by atoms with Crippen molar-refractivity contribution in [2.24, 2.45) is 0 Å². The van der Waals surface area contributed by atoms with Crippen LogP contribution in [0.5, 0.6) is 0 Å². The summed E-state index contributed by atoms with van der Waals surface area (Å²) in [5, 5.41) is 10.0. The van der Waals surface area contributed by atoms with Crippen LogP contribution in [0.4, 0.5) is 0 Å². The van der Waals surface area contributed by atoms with Gasteiger partial charge in [-0.05, 0) is 19.4 Å². The van der Waals surface area contributed by atoms with Gasteiger partial charge in [-0.15, -0.1) is 0 Å². The first-order chi connectivity index (χ1) is 10.5. The van der Waals surface area contributed by atoms with Crippen molar-refractivity contribution in [3.63, 3.8) is 0 Å². The fourth-order valence-corrected chi connectivity index (χ4v) is 3.38. The Labute approximate surface area is 138 Å². The summed E-state index contributed by atoms with van der Waals surface area (Å²) in [5.74, 6) is -0.688. The van der Waals surface area contributed by atoms with E-state index >= 15 is 0 Å². The highest BCUT2D eigenvalue weighted by atomic mass is 79.9. The number of aliphatic hydroxyl groups excluding tert-OH is 1. The van der Waals surface area contributed by atoms with Crippen LogP contribution < -0.4 is 0 Å². The highest BCUT2D eigenvalue weighted by Gasteiger charge is 2.54. The van der Waals surface area contributed by atoms with Crippen LogP contribution in [-0.2, 0) is 25.6 Å².